The minimum atomic E-state index is 0.305. The summed E-state index contributed by atoms with van der Waals surface area (Å²) < 4.78 is 11.1. The van der Waals surface area contributed by atoms with Crippen LogP contribution < -0.4 is 10.1 Å². The Hall–Kier alpha value is -1.10. The van der Waals surface area contributed by atoms with Crippen LogP contribution in [0.1, 0.15) is 31.9 Å². The van der Waals surface area contributed by atoms with Gasteiger partial charge in [-0.2, -0.15) is 0 Å². The molecule has 4 nitrogen and oxygen atoms in total. The number of benzene rings is 1. The van der Waals surface area contributed by atoms with Crippen LogP contribution in [0, 0.1) is 0 Å². The first-order chi connectivity index (χ1) is 10.2. The molecule has 0 aromatic heterocycles. The largest absolute Gasteiger partial charge is 0.497 e. The van der Waals surface area contributed by atoms with Gasteiger partial charge in [0.15, 0.2) is 0 Å². The van der Waals surface area contributed by atoms with E-state index in [0.29, 0.717) is 18.2 Å². The second-order valence-corrected chi connectivity index (χ2v) is 5.78. The van der Waals surface area contributed by atoms with Crippen LogP contribution in [0.15, 0.2) is 24.3 Å². The molecule has 1 N–H and O–H groups in total. The van der Waals surface area contributed by atoms with E-state index in [4.69, 9.17) is 9.47 Å². The Bertz CT molecular complexity index is 439. The maximum atomic E-state index is 5.79. The molecule has 3 atom stereocenters. The Kier molecular flexibility index (Phi) is 6.03. The normalized spacial score (nSPS) is 24.8. The monoisotopic (exact) mass is 292 g/mol. The van der Waals surface area contributed by atoms with Crippen molar-refractivity contribution in [3.63, 3.8) is 0 Å². The summed E-state index contributed by atoms with van der Waals surface area (Å²) in [5.41, 5.74) is 1.27. The summed E-state index contributed by atoms with van der Waals surface area (Å²) in [5, 5.41) is 3.44. The van der Waals surface area contributed by atoms with Crippen LogP contribution >= 0.6 is 0 Å². The van der Waals surface area contributed by atoms with Gasteiger partial charge >= 0.3 is 0 Å². The number of morpholine rings is 1. The second kappa shape index (κ2) is 7.78. The van der Waals surface area contributed by atoms with Gasteiger partial charge in [-0.1, -0.05) is 19.1 Å². The molecule has 1 fully saturated rings. The lowest BCUT2D eigenvalue weighted by Gasteiger charge is -2.40. The van der Waals surface area contributed by atoms with E-state index >= 15 is 0 Å². The molecule has 3 unspecified atom stereocenters. The van der Waals surface area contributed by atoms with E-state index in [1.54, 1.807) is 7.11 Å². The Morgan fingerprint density at radius 2 is 2.29 bits per heavy atom. The van der Waals surface area contributed by atoms with Crippen LogP contribution in [0.2, 0.25) is 0 Å². The lowest BCUT2D eigenvalue weighted by molar-refractivity contribution is -0.0584. The van der Waals surface area contributed by atoms with Gasteiger partial charge in [-0.25, -0.2) is 0 Å². The molecule has 0 spiro atoms. The van der Waals surface area contributed by atoms with Crippen LogP contribution in [0.3, 0.4) is 0 Å². The summed E-state index contributed by atoms with van der Waals surface area (Å²) in [7, 11) is 3.74. The molecule has 1 aliphatic heterocycles. The zero-order valence-corrected chi connectivity index (χ0v) is 13.6. The number of likely N-dealkylation sites (N-methyl/N-ethyl adjacent to an activating group) is 1. The van der Waals surface area contributed by atoms with E-state index in [9.17, 15) is 0 Å². The van der Waals surface area contributed by atoms with Gasteiger partial charge in [0.1, 0.15) is 5.75 Å². The Morgan fingerprint density at radius 3 is 2.95 bits per heavy atom. The fraction of sp³-hybridized carbons (Fsp3) is 0.647. The van der Waals surface area contributed by atoms with Gasteiger partial charge in [-0.3, -0.25) is 4.90 Å². The number of nitrogens with one attached hydrogen (secondary N) is 1. The van der Waals surface area contributed by atoms with Crippen molar-refractivity contribution in [3.05, 3.63) is 29.8 Å². The van der Waals surface area contributed by atoms with Crippen molar-refractivity contribution in [3.8, 4) is 5.75 Å². The molecule has 118 valence electrons. The lowest BCUT2D eigenvalue weighted by Crippen LogP contribution is -2.50. The molecule has 0 bridgehead atoms. The molecular weight excluding hydrogens is 264 g/mol. The lowest BCUT2D eigenvalue weighted by atomic mass is 10.0. The summed E-state index contributed by atoms with van der Waals surface area (Å²) in [6, 6.07) is 9.14. The number of nitrogens with zero attached hydrogens (tertiary/aromatic N) is 1. The Morgan fingerprint density at radius 1 is 1.48 bits per heavy atom. The Labute approximate surface area is 128 Å². The predicted octanol–water partition coefficient (Wildman–Crippen LogP) is 2.46. The first-order valence-corrected chi connectivity index (χ1v) is 7.84. The van der Waals surface area contributed by atoms with E-state index in [2.05, 4.69) is 42.3 Å². The molecule has 0 aliphatic carbocycles. The van der Waals surface area contributed by atoms with E-state index in [0.717, 1.165) is 31.9 Å². The van der Waals surface area contributed by atoms with Gasteiger partial charge in [-0.05, 0) is 38.1 Å². The minimum absolute atomic E-state index is 0.305. The van der Waals surface area contributed by atoms with Crippen molar-refractivity contribution in [2.75, 3.05) is 33.9 Å². The summed E-state index contributed by atoms with van der Waals surface area (Å²) in [6.45, 7) is 7.22. The quantitative estimate of drug-likeness (QED) is 0.873. The molecule has 2 rings (SSSR count). The highest BCUT2D eigenvalue weighted by atomic mass is 16.5. The maximum absolute atomic E-state index is 5.79. The number of hydrogen-bond donors (Lipinski definition) is 1. The first kappa shape index (κ1) is 16.3. The first-order valence-electron chi connectivity index (χ1n) is 7.84. The summed E-state index contributed by atoms with van der Waals surface area (Å²) in [6.07, 6.45) is 1.44. The zero-order valence-electron chi connectivity index (χ0n) is 13.6. The molecule has 1 aromatic carbocycles. The molecular formula is C17H28N2O2. The van der Waals surface area contributed by atoms with Crippen molar-refractivity contribution >= 4 is 0 Å². The number of rotatable bonds is 6. The molecule has 1 saturated heterocycles. The Balaban J connectivity index is 2.09. The molecule has 0 radical (unpaired) electrons. The fourth-order valence-corrected chi connectivity index (χ4v) is 2.97. The van der Waals surface area contributed by atoms with Crippen LogP contribution in [-0.4, -0.2) is 50.9 Å². The van der Waals surface area contributed by atoms with Crippen molar-refractivity contribution in [2.45, 2.75) is 38.5 Å². The van der Waals surface area contributed by atoms with Crippen molar-refractivity contribution in [1.82, 2.24) is 10.2 Å². The molecule has 0 amide bonds. The number of methoxy groups -OCH3 is 1. The van der Waals surface area contributed by atoms with E-state index < -0.39 is 0 Å². The molecule has 1 heterocycles. The average molecular weight is 292 g/mol. The van der Waals surface area contributed by atoms with Crippen LogP contribution in [-0.2, 0) is 4.74 Å². The predicted molar refractivity (Wildman–Crippen MR) is 85.9 cm³/mol. The number of ether oxygens (including phenoxy) is 2. The van der Waals surface area contributed by atoms with Crippen molar-refractivity contribution in [2.24, 2.45) is 0 Å². The average Bonchev–Trinajstić information content (AvgIpc) is 2.52. The molecule has 4 heteroatoms. The van der Waals surface area contributed by atoms with Crippen LogP contribution in [0.5, 0.6) is 5.75 Å². The van der Waals surface area contributed by atoms with Crippen LogP contribution in [0.4, 0.5) is 0 Å². The van der Waals surface area contributed by atoms with Gasteiger partial charge < -0.3 is 14.8 Å². The summed E-state index contributed by atoms with van der Waals surface area (Å²) in [4.78, 5) is 2.55. The third kappa shape index (κ3) is 4.19. The summed E-state index contributed by atoms with van der Waals surface area (Å²) >= 11 is 0. The van der Waals surface area contributed by atoms with E-state index in [1.807, 2.05) is 13.1 Å². The SMILES string of the molecule is CCC1COC(C)CN1CC(NC)c1cccc(OC)c1. The standard InChI is InChI=1S/C17H28N2O2/c1-5-15-12-21-13(2)10-19(15)11-17(18-3)14-7-6-8-16(9-14)20-4/h6-9,13,15,17-18H,5,10-12H2,1-4H3. The zero-order chi connectivity index (χ0) is 15.2. The molecule has 1 aromatic rings. The van der Waals surface area contributed by atoms with Gasteiger partial charge in [0, 0.05) is 25.2 Å². The smallest absolute Gasteiger partial charge is 0.119 e. The van der Waals surface area contributed by atoms with Crippen molar-refractivity contribution in [1.29, 1.82) is 0 Å². The van der Waals surface area contributed by atoms with Crippen molar-refractivity contribution < 1.29 is 9.47 Å². The topological polar surface area (TPSA) is 33.7 Å². The van der Waals surface area contributed by atoms with Gasteiger partial charge in [0.05, 0.1) is 19.8 Å². The molecule has 21 heavy (non-hydrogen) atoms. The van der Waals surface area contributed by atoms with Gasteiger partial charge in [-0.15, -0.1) is 0 Å². The molecule has 1 aliphatic rings. The number of hydrogen-bond acceptors (Lipinski definition) is 4. The van der Waals surface area contributed by atoms with E-state index in [1.165, 1.54) is 5.56 Å². The maximum Gasteiger partial charge on any atom is 0.119 e. The summed E-state index contributed by atoms with van der Waals surface area (Å²) in [5.74, 6) is 0.912. The van der Waals surface area contributed by atoms with Crippen LogP contribution in [0.25, 0.3) is 0 Å². The van der Waals surface area contributed by atoms with E-state index in [-0.39, 0.29) is 0 Å². The third-order valence-corrected chi connectivity index (χ3v) is 4.31. The highest BCUT2D eigenvalue weighted by Crippen LogP contribution is 2.23. The van der Waals surface area contributed by atoms with Gasteiger partial charge in [0.25, 0.3) is 0 Å². The molecule has 0 saturated carbocycles. The third-order valence-electron chi connectivity index (χ3n) is 4.31. The highest BCUT2D eigenvalue weighted by molar-refractivity contribution is 5.30. The fourth-order valence-electron chi connectivity index (χ4n) is 2.97. The minimum Gasteiger partial charge on any atom is -0.497 e. The highest BCUT2D eigenvalue weighted by Gasteiger charge is 2.27. The van der Waals surface area contributed by atoms with Gasteiger partial charge in [0.2, 0.25) is 0 Å². The second-order valence-electron chi connectivity index (χ2n) is 5.78.